The van der Waals surface area contributed by atoms with Crippen LogP contribution in [-0.2, 0) is 22.4 Å². The van der Waals surface area contributed by atoms with Crippen molar-refractivity contribution in [2.24, 2.45) is 34.5 Å². The van der Waals surface area contributed by atoms with Crippen molar-refractivity contribution in [1.82, 2.24) is 0 Å². The van der Waals surface area contributed by atoms with Gasteiger partial charge in [-0.15, -0.1) is 0 Å². The molecule has 4 aliphatic rings. The van der Waals surface area contributed by atoms with Crippen LogP contribution >= 0.6 is 0 Å². The minimum absolute atomic E-state index is 0.0500. The number of carbonyl (C=O) groups is 2. The molecule has 0 unspecified atom stereocenters. The van der Waals surface area contributed by atoms with E-state index in [1.807, 2.05) is 49.4 Å². The number of Topliss-reactive ketones (excluding diaryl/α,β-unsaturated/α-hetero) is 1. The molecule has 0 radical (unpaired) electrons. The first-order valence-electron chi connectivity index (χ1n) is 15.3. The molecule has 4 aliphatic carbocycles. The van der Waals surface area contributed by atoms with E-state index < -0.39 is 41.7 Å². The van der Waals surface area contributed by atoms with Crippen LogP contribution in [0.3, 0.4) is 0 Å². The fourth-order valence-electron chi connectivity index (χ4n) is 8.87. The highest BCUT2D eigenvalue weighted by molar-refractivity contribution is 5.97. The lowest BCUT2D eigenvalue weighted by atomic mass is 9.59. The molecule has 2 saturated carbocycles. The van der Waals surface area contributed by atoms with Crippen molar-refractivity contribution in [3.63, 3.8) is 0 Å². The van der Waals surface area contributed by atoms with E-state index in [9.17, 15) is 24.9 Å². The third-order valence-corrected chi connectivity index (χ3v) is 11.2. The lowest BCUT2D eigenvalue weighted by Crippen LogP contribution is -2.65. The van der Waals surface area contributed by atoms with Gasteiger partial charge in [0.1, 0.15) is 17.4 Å². The van der Waals surface area contributed by atoms with Gasteiger partial charge in [0.25, 0.3) is 0 Å². The van der Waals surface area contributed by atoms with Crippen molar-refractivity contribution in [3.8, 4) is 5.75 Å². The number of allylic oxidation sites excluding steroid dienone is 1. The van der Waals surface area contributed by atoms with E-state index in [0.29, 0.717) is 30.6 Å². The number of aryl methyl sites for hydroxylation is 2. The zero-order valence-corrected chi connectivity index (χ0v) is 25.5. The molecular weight excluding hydrogens is 544 g/mol. The summed E-state index contributed by atoms with van der Waals surface area (Å²) in [6.07, 6.45) is 2.43. The Balaban J connectivity index is 1.40. The molecule has 1 spiro atoms. The highest BCUT2D eigenvalue weighted by atomic mass is 16.6. The van der Waals surface area contributed by atoms with Crippen molar-refractivity contribution in [3.05, 3.63) is 88.5 Å². The summed E-state index contributed by atoms with van der Waals surface area (Å²) in [6, 6.07) is 15.3. The predicted octanol–water partition coefficient (Wildman–Crippen LogP) is 4.47. The van der Waals surface area contributed by atoms with Crippen molar-refractivity contribution < 1.29 is 34.4 Å². The average molecular weight is 587 g/mol. The Morgan fingerprint density at radius 1 is 1.07 bits per heavy atom. The third-order valence-electron chi connectivity index (χ3n) is 11.2. The summed E-state index contributed by atoms with van der Waals surface area (Å²) in [5.41, 5.74) is -0.957. The van der Waals surface area contributed by atoms with Gasteiger partial charge in [-0.05, 0) is 77.7 Å². The molecule has 0 saturated heterocycles. The number of ketones is 1. The van der Waals surface area contributed by atoms with Gasteiger partial charge in [-0.25, -0.2) is 4.79 Å². The third kappa shape index (κ3) is 4.19. The van der Waals surface area contributed by atoms with Crippen LogP contribution < -0.4 is 4.74 Å². The van der Waals surface area contributed by atoms with Crippen molar-refractivity contribution in [2.75, 3.05) is 13.7 Å². The van der Waals surface area contributed by atoms with Gasteiger partial charge in [0.2, 0.25) is 0 Å². The second-order valence-corrected chi connectivity index (χ2v) is 13.6. The molecule has 7 heteroatoms. The quantitative estimate of drug-likeness (QED) is 0.324. The van der Waals surface area contributed by atoms with E-state index in [-0.39, 0.29) is 40.1 Å². The van der Waals surface area contributed by atoms with Crippen molar-refractivity contribution in [1.29, 1.82) is 0 Å². The molecule has 8 atom stereocenters. The van der Waals surface area contributed by atoms with E-state index >= 15 is 0 Å². The second-order valence-electron chi connectivity index (χ2n) is 13.6. The number of aliphatic hydroxyl groups excluding tert-OH is 2. The van der Waals surface area contributed by atoms with Gasteiger partial charge in [-0.3, -0.25) is 4.79 Å². The number of hydrogen-bond acceptors (Lipinski definition) is 7. The Morgan fingerprint density at radius 3 is 2.47 bits per heavy atom. The van der Waals surface area contributed by atoms with Crippen molar-refractivity contribution >= 4 is 11.8 Å². The zero-order valence-electron chi connectivity index (χ0n) is 25.5. The lowest BCUT2D eigenvalue weighted by molar-refractivity contribution is -0.190. The van der Waals surface area contributed by atoms with Crippen LogP contribution in [0.1, 0.15) is 55.6 Å². The van der Waals surface area contributed by atoms with E-state index in [0.717, 1.165) is 11.1 Å². The molecule has 2 bridgehead atoms. The molecule has 0 aliphatic heterocycles. The topological polar surface area (TPSA) is 113 Å². The summed E-state index contributed by atoms with van der Waals surface area (Å²) in [4.78, 5) is 28.7. The van der Waals surface area contributed by atoms with Gasteiger partial charge in [0.05, 0.1) is 19.1 Å². The summed E-state index contributed by atoms with van der Waals surface area (Å²) in [6.45, 7) is 7.47. The van der Waals surface area contributed by atoms with Crippen LogP contribution in [0.5, 0.6) is 5.75 Å². The minimum Gasteiger partial charge on any atom is -0.496 e. The number of esters is 1. The molecule has 2 aromatic carbocycles. The first-order chi connectivity index (χ1) is 20.4. The molecule has 6 rings (SSSR count). The number of benzene rings is 2. The SMILES string of the molecule is COc1cccc(CCc2ccccc2)c1C(=O)O[C@H]1C(C)=C[C@]23C(=O)[C@@H](C=C(CO)[C@@H](O)[C@]12O)[C@H]1[C@@H](C[C@H]3C)C1(C)C. The maximum absolute atomic E-state index is 14.6. The van der Waals surface area contributed by atoms with E-state index in [1.54, 1.807) is 25.1 Å². The maximum atomic E-state index is 14.6. The van der Waals surface area contributed by atoms with Crippen molar-refractivity contribution in [2.45, 2.75) is 64.8 Å². The van der Waals surface area contributed by atoms with Crippen LogP contribution in [-0.4, -0.2) is 58.6 Å². The highest BCUT2D eigenvalue weighted by Gasteiger charge is 2.76. The Morgan fingerprint density at radius 2 is 1.79 bits per heavy atom. The monoisotopic (exact) mass is 586 g/mol. The Kier molecular flexibility index (Phi) is 7.23. The molecule has 0 amide bonds. The van der Waals surface area contributed by atoms with Crippen LogP contribution in [0.15, 0.2) is 71.8 Å². The van der Waals surface area contributed by atoms with Gasteiger partial charge in [-0.2, -0.15) is 0 Å². The first-order valence-corrected chi connectivity index (χ1v) is 15.3. The molecule has 228 valence electrons. The van der Waals surface area contributed by atoms with E-state index in [2.05, 4.69) is 13.8 Å². The smallest absolute Gasteiger partial charge is 0.342 e. The first kappa shape index (κ1) is 29.8. The van der Waals surface area contributed by atoms with Crippen LogP contribution in [0.2, 0.25) is 0 Å². The van der Waals surface area contributed by atoms with Gasteiger partial charge in [0, 0.05) is 5.92 Å². The number of hydrogen-bond donors (Lipinski definition) is 3. The average Bonchev–Trinajstić information content (AvgIpc) is 3.49. The van der Waals surface area contributed by atoms with E-state index in [4.69, 9.17) is 9.47 Å². The number of carbonyl (C=O) groups excluding carboxylic acids is 2. The summed E-state index contributed by atoms with van der Waals surface area (Å²) in [7, 11) is 1.49. The second kappa shape index (κ2) is 10.4. The Hall–Kier alpha value is -3.26. The lowest BCUT2D eigenvalue weighted by Gasteiger charge is -2.48. The molecule has 0 heterocycles. The Bertz CT molecular complexity index is 1510. The molecule has 43 heavy (non-hydrogen) atoms. The van der Waals surface area contributed by atoms with E-state index in [1.165, 1.54) is 7.11 Å². The molecular formula is C36H42O7. The predicted molar refractivity (Wildman–Crippen MR) is 161 cm³/mol. The fraction of sp³-hybridized carbons (Fsp3) is 0.500. The van der Waals surface area contributed by atoms with Crippen LogP contribution in [0.4, 0.5) is 0 Å². The molecule has 0 aromatic heterocycles. The fourth-order valence-corrected chi connectivity index (χ4v) is 8.87. The highest BCUT2D eigenvalue weighted by Crippen LogP contribution is 2.71. The van der Waals surface area contributed by atoms with Gasteiger partial charge >= 0.3 is 5.97 Å². The summed E-state index contributed by atoms with van der Waals surface area (Å²) in [5, 5.41) is 35.0. The maximum Gasteiger partial charge on any atom is 0.342 e. The number of rotatable bonds is 7. The standard InChI is InChI=1S/C36H42O7/c1-20-18-35-21(2)16-26-29(34(26,3)4)25(31(35)39)17-24(19-37)30(38)36(35,41)32(20)43-33(40)28-23(12-9-13-27(28)42-5)15-14-22-10-7-6-8-11-22/h6-13,17-18,21,25-26,29-30,32,37-38,41H,14-16,19H2,1-5H3/t21-,25+,26-,29+,30-,32+,35+,36+/m1/s1. The molecule has 7 nitrogen and oxygen atoms in total. The summed E-state index contributed by atoms with van der Waals surface area (Å²) in [5.74, 6) is -1.12. The number of methoxy groups -OCH3 is 1. The zero-order chi connectivity index (χ0) is 30.9. The van der Waals surface area contributed by atoms with Crippen LogP contribution in [0.25, 0.3) is 0 Å². The number of fused-ring (bicyclic) bond motifs is 3. The molecule has 3 N–H and O–H groups in total. The summed E-state index contributed by atoms with van der Waals surface area (Å²) < 4.78 is 11.8. The summed E-state index contributed by atoms with van der Waals surface area (Å²) >= 11 is 0. The largest absolute Gasteiger partial charge is 0.496 e. The normalized spacial score (nSPS) is 35.5. The Labute approximate surface area is 253 Å². The van der Waals surface area contributed by atoms with Crippen LogP contribution in [0, 0.1) is 34.5 Å². The number of ether oxygens (including phenoxy) is 2. The molecule has 2 fully saturated rings. The van der Waals surface area contributed by atoms with Gasteiger partial charge in [0.15, 0.2) is 17.5 Å². The minimum atomic E-state index is -2.19. The van der Waals surface area contributed by atoms with Gasteiger partial charge < -0.3 is 24.8 Å². The van der Waals surface area contributed by atoms with Gasteiger partial charge in [-0.1, -0.05) is 75.4 Å². The number of aliphatic hydroxyl groups is 3. The molecule has 2 aromatic rings.